The minimum atomic E-state index is -0.696. The van der Waals surface area contributed by atoms with Gasteiger partial charge in [0, 0.05) is 6.54 Å². The van der Waals surface area contributed by atoms with Crippen molar-refractivity contribution in [2.75, 3.05) is 6.54 Å². The zero-order chi connectivity index (χ0) is 17.2. The van der Waals surface area contributed by atoms with E-state index in [4.69, 9.17) is 9.94 Å². The molecule has 0 bridgehead atoms. The first-order valence-electron chi connectivity index (χ1n) is 7.82. The summed E-state index contributed by atoms with van der Waals surface area (Å²) >= 11 is 0. The molecule has 126 valence electrons. The van der Waals surface area contributed by atoms with Crippen LogP contribution in [0, 0.1) is 0 Å². The summed E-state index contributed by atoms with van der Waals surface area (Å²) in [7, 11) is 0. The van der Waals surface area contributed by atoms with Crippen molar-refractivity contribution in [3.63, 3.8) is 0 Å². The van der Waals surface area contributed by atoms with Crippen LogP contribution >= 0.6 is 0 Å². The van der Waals surface area contributed by atoms with Gasteiger partial charge >= 0.3 is 0 Å². The summed E-state index contributed by atoms with van der Waals surface area (Å²) in [4.78, 5) is 25.9. The molecule has 2 atom stereocenters. The Labute approximate surface area is 136 Å². The molecule has 6 nitrogen and oxygen atoms in total. The first kappa shape index (κ1) is 17.3. The molecule has 0 spiro atoms. The van der Waals surface area contributed by atoms with Gasteiger partial charge in [-0.05, 0) is 51.8 Å². The second kappa shape index (κ2) is 6.58. The van der Waals surface area contributed by atoms with Crippen molar-refractivity contribution in [2.24, 2.45) is 0 Å². The molecule has 6 heteroatoms. The maximum Gasteiger partial charge on any atom is 0.265 e. The maximum absolute atomic E-state index is 12.8. The molecule has 1 aromatic rings. The van der Waals surface area contributed by atoms with E-state index in [-0.39, 0.29) is 12.0 Å². The third-order valence-electron chi connectivity index (χ3n) is 4.41. The quantitative estimate of drug-likeness (QED) is 0.641. The van der Waals surface area contributed by atoms with Gasteiger partial charge in [-0.2, -0.15) is 0 Å². The predicted octanol–water partition coefficient (Wildman–Crippen LogP) is 1.86. The number of nitrogens with one attached hydrogen (secondary N) is 1. The van der Waals surface area contributed by atoms with Crippen LogP contribution in [0.15, 0.2) is 24.3 Å². The number of hydroxylamine groups is 1. The molecule has 2 unspecified atom stereocenters. The number of carbonyl (C=O) groups excluding carboxylic acids is 2. The van der Waals surface area contributed by atoms with Crippen molar-refractivity contribution >= 4 is 11.8 Å². The monoisotopic (exact) mass is 320 g/mol. The smallest absolute Gasteiger partial charge is 0.265 e. The molecule has 1 aliphatic rings. The minimum absolute atomic E-state index is 0.0953. The van der Waals surface area contributed by atoms with Crippen LogP contribution in [0.5, 0.6) is 5.75 Å². The maximum atomic E-state index is 12.8. The normalized spacial score (nSPS) is 22.3. The molecule has 1 aromatic carbocycles. The van der Waals surface area contributed by atoms with Gasteiger partial charge in [0.2, 0.25) is 5.91 Å². The fourth-order valence-electron chi connectivity index (χ4n) is 2.92. The van der Waals surface area contributed by atoms with Gasteiger partial charge in [-0.15, -0.1) is 0 Å². The Bertz CT molecular complexity index is 585. The van der Waals surface area contributed by atoms with Crippen molar-refractivity contribution in [3.8, 4) is 5.75 Å². The molecule has 0 aromatic heterocycles. The second-order valence-corrected chi connectivity index (χ2v) is 6.42. The van der Waals surface area contributed by atoms with E-state index in [0.717, 1.165) is 11.3 Å². The van der Waals surface area contributed by atoms with Crippen LogP contribution in [-0.2, 0) is 15.0 Å². The van der Waals surface area contributed by atoms with Crippen molar-refractivity contribution in [1.29, 1.82) is 0 Å². The fourth-order valence-corrected chi connectivity index (χ4v) is 2.92. The summed E-state index contributed by atoms with van der Waals surface area (Å²) in [5.74, 6) is 0.0806. The number of amides is 2. The Hall–Kier alpha value is -2.08. The van der Waals surface area contributed by atoms with Crippen molar-refractivity contribution < 1.29 is 19.5 Å². The largest absolute Gasteiger partial charge is 0.491 e. The van der Waals surface area contributed by atoms with Crippen LogP contribution in [-0.4, -0.2) is 40.6 Å². The van der Waals surface area contributed by atoms with Crippen LogP contribution < -0.4 is 10.2 Å². The van der Waals surface area contributed by atoms with Gasteiger partial charge in [0.15, 0.2) is 0 Å². The summed E-state index contributed by atoms with van der Waals surface area (Å²) in [6.45, 7) is 7.89. The van der Waals surface area contributed by atoms with Crippen molar-refractivity contribution in [2.45, 2.75) is 51.7 Å². The molecule has 1 aliphatic heterocycles. The van der Waals surface area contributed by atoms with Crippen molar-refractivity contribution in [1.82, 2.24) is 10.4 Å². The van der Waals surface area contributed by atoms with E-state index in [1.54, 1.807) is 12.4 Å². The molecule has 2 N–H and O–H groups in total. The van der Waals surface area contributed by atoms with Crippen LogP contribution in [0.4, 0.5) is 0 Å². The standard InChI is InChI=1S/C17H24N2O4/c1-11(2)23-14-7-5-13(6-8-14)17(4)9-10-19(16(17)21)12(3)15(20)18-22/h5-8,11-12,22H,9-10H2,1-4H3,(H,18,20). The number of hydrogen-bond donors (Lipinski definition) is 2. The Morgan fingerprint density at radius 2 is 1.91 bits per heavy atom. The number of nitrogens with zero attached hydrogens (tertiary/aromatic N) is 1. The third kappa shape index (κ3) is 3.32. The Kier molecular flexibility index (Phi) is 4.94. The van der Waals surface area contributed by atoms with E-state index >= 15 is 0 Å². The van der Waals surface area contributed by atoms with Gasteiger partial charge in [-0.25, -0.2) is 5.48 Å². The predicted molar refractivity (Wildman–Crippen MR) is 85.3 cm³/mol. The number of carbonyl (C=O) groups is 2. The lowest BCUT2D eigenvalue weighted by atomic mass is 9.81. The van der Waals surface area contributed by atoms with Crippen LogP contribution in [0.25, 0.3) is 0 Å². The van der Waals surface area contributed by atoms with E-state index in [2.05, 4.69) is 0 Å². The SMILES string of the molecule is CC(C)Oc1ccc(C2(C)CCN(C(C)C(=O)NO)C2=O)cc1. The highest BCUT2D eigenvalue weighted by Gasteiger charge is 2.46. The summed E-state index contributed by atoms with van der Waals surface area (Å²) in [5, 5.41) is 8.75. The summed E-state index contributed by atoms with van der Waals surface area (Å²) < 4.78 is 5.62. The summed E-state index contributed by atoms with van der Waals surface area (Å²) in [6, 6.07) is 6.82. The summed E-state index contributed by atoms with van der Waals surface area (Å²) in [5.41, 5.74) is 1.84. The lowest BCUT2D eigenvalue weighted by Crippen LogP contribution is -2.47. The van der Waals surface area contributed by atoms with Gasteiger partial charge in [0.1, 0.15) is 11.8 Å². The highest BCUT2D eigenvalue weighted by molar-refractivity contribution is 5.94. The average molecular weight is 320 g/mol. The van der Waals surface area contributed by atoms with Gasteiger partial charge in [0.25, 0.3) is 5.91 Å². The van der Waals surface area contributed by atoms with Gasteiger partial charge in [0.05, 0.1) is 11.5 Å². The minimum Gasteiger partial charge on any atom is -0.491 e. The molecule has 23 heavy (non-hydrogen) atoms. The Morgan fingerprint density at radius 3 is 2.43 bits per heavy atom. The summed E-state index contributed by atoms with van der Waals surface area (Å²) in [6.07, 6.45) is 0.720. The molecule has 2 rings (SSSR count). The topological polar surface area (TPSA) is 78.9 Å². The van der Waals surface area contributed by atoms with E-state index in [0.29, 0.717) is 13.0 Å². The first-order chi connectivity index (χ1) is 10.8. The Morgan fingerprint density at radius 1 is 1.30 bits per heavy atom. The van der Waals surface area contributed by atoms with E-state index in [1.165, 1.54) is 4.90 Å². The molecule has 1 fully saturated rings. The number of likely N-dealkylation sites (tertiary alicyclic amines) is 1. The van der Waals surface area contributed by atoms with Gasteiger partial charge < -0.3 is 9.64 Å². The molecule has 0 saturated carbocycles. The Balaban J connectivity index is 2.19. The number of benzene rings is 1. The lowest BCUT2D eigenvalue weighted by molar-refractivity contribution is -0.143. The zero-order valence-electron chi connectivity index (χ0n) is 14.0. The highest BCUT2D eigenvalue weighted by atomic mass is 16.5. The highest BCUT2D eigenvalue weighted by Crippen LogP contribution is 2.37. The van der Waals surface area contributed by atoms with Gasteiger partial charge in [-0.1, -0.05) is 12.1 Å². The number of hydrogen-bond acceptors (Lipinski definition) is 4. The molecule has 2 amide bonds. The number of rotatable bonds is 5. The lowest BCUT2D eigenvalue weighted by Gasteiger charge is -2.27. The van der Waals surface area contributed by atoms with E-state index < -0.39 is 17.4 Å². The number of ether oxygens (including phenoxy) is 1. The molecule has 0 radical (unpaired) electrons. The average Bonchev–Trinajstić information content (AvgIpc) is 2.83. The van der Waals surface area contributed by atoms with Crippen molar-refractivity contribution in [3.05, 3.63) is 29.8 Å². The third-order valence-corrected chi connectivity index (χ3v) is 4.41. The van der Waals surface area contributed by atoms with E-state index in [9.17, 15) is 9.59 Å². The van der Waals surface area contributed by atoms with Crippen LogP contribution in [0.1, 0.15) is 39.7 Å². The van der Waals surface area contributed by atoms with Crippen LogP contribution in [0.2, 0.25) is 0 Å². The molecular formula is C17H24N2O4. The first-order valence-corrected chi connectivity index (χ1v) is 7.82. The van der Waals surface area contributed by atoms with E-state index in [1.807, 2.05) is 45.0 Å². The zero-order valence-corrected chi connectivity index (χ0v) is 14.0. The van der Waals surface area contributed by atoms with Gasteiger partial charge in [-0.3, -0.25) is 14.8 Å². The molecular weight excluding hydrogens is 296 g/mol. The molecule has 1 heterocycles. The molecule has 0 aliphatic carbocycles. The fraction of sp³-hybridized carbons (Fsp3) is 0.529. The van der Waals surface area contributed by atoms with Crippen LogP contribution in [0.3, 0.4) is 0 Å². The molecule has 1 saturated heterocycles. The second-order valence-electron chi connectivity index (χ2n) is 6.42.